The van der Waals surface area contributed by atoms with Crippen molar-refractivity contribution in [3.05, 3.63) is 66.5 Å². The van der Waals surface area contributed by atoms with Gasteiger partial charge in [-0.2, -0.15) is 5.10 Å². The minimum Gasteiger partial charge on any atom is -0.397 e. The third-order valence-corrected chi connectivity index (χ3v) is 6.79. The van der Waals surface area contributed by atoms with E-state index < -0.39 is 0 Å². The maximum atomic E-state index is 14.7. The molecule has 4 N–H and O–H groups in total. The molecule has 192 valence electrons. The molecule has 0 radical (unpaired) electrons. The SMILES string of the molecule is CN(C)CCN=C1CC(F)=CC(c2cncc3[nH]c(-c4n[nH]c5ccc(-c6cncc(N)c6)cc45)nc23)C1. The van der Waals surface area contributed by atoms with Crippen LogP contribution in [0.5, 0.6) is 0 Å². The predicted octanol–water partition coefficient (Wildman–Crippen LogP) is 4.88. The van der Waals surface area contributed by atoms with Gasteiger partial charge in [0, 0.05) is 59.7 Å². The van der Waals surface area contributed by atoms with Gasteiger partial charge in [-0.3, -0.25) is 20.1 Å². The fourth-order valence-corrected chi connectivity index (χ4v) is 4.91. The van der Waals surface area contributed by atoms with Crippen LogP contribution in [-0.4, -0.2) is 67.9 Å². The van der Waals surface area contributed by atoms with Gasteiger partial charge in [0.25, 0.3) is 0 Å². The molecule has 1 unspecified atom stereocenters. The zero-order chi connectivity index (χ0) is 26.2. The first-order valence-electron chi connectivity index (χ1n) is 12.5. The summed E-state index contributed by atoms with van der Waals surface area (Å²) in [5.41, 5.74) is 13.3. The highest BCUT2D eigenvalue weighted by Gasteiger charge is 2.24. The summed E-state index contributed by atoms with van der Waals surface area (Å²) in [5.74, 6) is 0.260. The van der Waals surface area contributed by atoms with Gasteiger partial charge in [0.05, 0.1) is 35.0 Å². The quantitative estimate of drug-likeness (QED) is 0.300. The minimum atomic E-state index is -0.187. The highest BCUT2D eigenvalue weighted by Crippen LogP contribution is 2.35. The number of fused-ring (bicyclic) bond motifs is 2. The van der Waals surface area contributed by atoms with Crippen molar-refractivity contribution in [3.63, 3.8) is 0 Å². The Bertz CT molecular complexity index is 1700. The van der Waals surface area contributed by atoms with Crippen molar-refractivity contribution in [2.45, 2.75) is 18.8 Å². The lowest BCUT2D eigenvalue weighted by Crippen LogP contribution is -2.18. The van der Waals surface area contributed by atoms with E-state index in [1.54, 1.807) is 30.9 Å². The average Bonchev–Trinajstić information content (AvgIpc) is 3.51. The number of imidazole rings is 1. The Labute approximate surface area is 218 Å². The number of H-pyrrole nitrogens is 2. The second-order valence-corrected chi connectivity index (χ2v) is 9.90. The molecule has 1 aromatic carbocycles. The second kappa shape index (κ2) is 9.79. The first-order valence-corrected chi connectivity index (χ1v) is 12.5. The van der Waals surface area contributed by atoms with Crippen molar-refractivity contribution in [1.82, 2.24) is 35.0 Å². The number of likely N-dealkylation sites (N-methyl/N-ethyl adjacent to an activating group) is 1. The van der Waals surface area contributed by atoms with Crippen LogP contribution in [-0.2, 0) is 0 Å². The molecular formula is C28H28FN9. The van der Waals surface area contributed by atoms with Crippen LogP contribution in [0, 0.1) is 0 Å². The summed E-state index contributed by atoms with van der Waals surface area (Å²) < 4.78 is 14.7. The summed E-state index contributed by atoms with van der Waals surface area (Å²) in [6.45, 7) is 1.48. The molecule has 1 aliphatic rings. The third kappa shape index (κ3) is 4.66. The van der Waals surface area contributed by atoms with Gasteiger partial charge in [0.2, 0.25) is 0 Å². The summed E-state index contributed by atoms with van der Waals surface area (Å²) >= 11 is 0. The van der Waals surface area contributed by atoms with E-state index in [1.165, 1.54) is 0 Å². The van der Waals surface area contributed by atoms with Crippen molar-refractivity contribution in [1.29, 1.82) is 0 Å². The summed E-state index contributed by atoms with van der Waals surface area (Å²) in [4.78, 5) is 23.7. The Morgan fingerprint density at radius 3 is 2.79 bits per heavy atom. The highest BCUT2D eigenvalue weighted by molar-refractivity contribution is 5.96. The number of hydrogen-bond donors (Lipinski definition) is 3. The molecule has 1 aliphatic carbocycles. The van der Waals surface area contributed by atoms with E-state index in [-0.39, 0.29) is 18.2 Å². The lowest BCUT2D eigenvalue weighted by atomic mass is 9.87. The van der Waals surface area contributed by atoms with Crippen LogP contribution in [0.2, 0.25) is 0 Å². The monoisotopic (exact) mass is 509 g/mol. The molecule has 0 amide bonds. The number of nitrogen functional groups attached to an aromatic ring is 1. The number of rotatable bonds is 6. The number of aliphatic imine (C=N–C) groups is 1. The van der Waals surface area contributed by atoms with E-state index in [0.29, 0.717) is 30.2 Å². The third-order valence-electron chi connectivity index (χ3n) is 6.79. The van der Waals surface area contributed by atoms with Crippen LogP contribution in [0.4, 0.5) is 10.1 Å². The molecule has 38 heavy (non-hydrogen) atoms. The number of anilines is 1. The fraction of sp³-hybridized carbons (Fsp3) is 0.250. The lowest BCUT2D eigenvalue weighted by Gasteiger charge is -2.20. The van der Waals surface area contributed by atoms with Gasteiger partial charge in [0.1, 0.15) is 11.5 Å². The number of aromatic nitrogens is 6. The molecule has 0 aliphatic heterocycles. The molecule has 0 spiro atoms. The van der Waals surface area contributed by atoms with Crippen molar-refractivity contribution >= 4 is 33.3 Å². The average molecular weight is 510 g/mol. The largest absolute Gasteiger partial charge is 0.397 e. The molecule has 0 fully saturated rings. The molecule has 4 aromatic heterocycles. The maximum Gasteiger partial charge on any atom is 0.159 e. The predicted molar refractivity (Wildman–Crippen MR) is 149 cm³/mol. The molecule has 4 heterocycles. The highest BCUT2D eigenvalue weighted by atomic mass is 19.1. The van der Waals surface area contributed by atoms with Crippen LogP contribution < -0.4 is 5.73 Å². The number of nitrogens with zero attached hydrogens (tertiary/aromatic N) is 6. The van der Waals surface area contributed by atoms with Crippen LogP contribution in [0.3, 0.4) is 0 Å². The lowest BCUT2D eigenvalue weighted by molar-refractivity contribution is 0.420. The number of halogens is 1. The summed E-state index contributed by atoms with van der Waals surface area (Å²) in [5, 5.41) is 8.56. The van der Waals surface area contributed by atoms with Gasteiger partial charge in [0.15, 0.2) is 5.82 Å². The van der Waals surface area contributed by atoms with Gasteiger partial charge in [-0.1, -0.05) is 6.07 Å². The number of nitrogens with two attached hydrogens (primary N) is 1. The topological polar surface area (TPSA) is 125 Å². The van der Waals surface area contributed by atoms with Gasteiger partial charge in [-0.05, 0) is 50.4 Å². The molecule has 0 saturated carbocycles. The number of hydrogen-bond acceptors (Lipinski definition) is 7. The summed E-state index contributed by atoms with van der Waals surface area (Å²) in [6, 6.07) is 7.92. The number of benzene rings is 1. The van der Waals surface area contributed by atoms with Gasteiger partial charge < -0.3 is 15.6 Å². The van der Waals surface area contributed by atoms with Crippen LogP contribution >= 0.6 is 0 Å². The Hall–Kier alpha value is -4.44. The van der Waals surface area contributed by atoms with Crippen LogP contribution in [0.15, 0.2) is 65.9 Å². The first-order chi connectivity index (χ1) is 18.4. The molecule has 9 nitrogen and oxygen atoms in total. The number of nitrogens with one attached hydrogen (secondary N) is 2. The standard InChI is InChI=1S/C28H28FN9/c1-38(2)6-5-33-21-9-17(7-19(29)11-21)23-14-32-15-25-26(23)35-28(34-25)27-22-10-16(3-4-24(22)36-37-27)18-8-20(30)13-31-12-18/h3-4,7-8,10,12-15,17H,5-6,9,11,30H2,1-2H3,(H,34,35)(H,36,37). The van der Waals surface area contributed by atoms with Gasteiger partial charge in [-0.15, -0.1) is 0 Å². The molecule has 1 atom stereocenters. The second-order valence-electron chi connectivity index (χ2n) is 9.90. The Kier molecular flexibility index (Phi) is 6.16. The zero-order valence-electron chi connectivity index (χ0n) is 21.2. The van der Waals surface area contributed by atoms with Crippen LogP contribution in [0.25, 0.3) is 44.6 Å². The van der Waals surface area contributed by atoms with Crippen molar-refractivity contribution < 1.29 is 4.39 Å². The Balaban J connectivity index is 1.37. The zero-order valence-corrected chi connectivity index (χ0v) is 21.2. The molecular weight excluding hydrogens is 481 g/mol. The maximum absolute atomic E-state index is 14.7. The summed E-state index contributed by atoms with van der Waals surface area (Å²) in [6.07, 6.45) is 9.51. The molecule has 6 rings (SSSR count). The Morgan fingerprint density at radius 1 is 1.08 bits per heavy atom. The van der Waals surface area contributed by atoms with E-state index >= 15 is 0 Å². The number of pyridine rings is 2. The number of allylic oxidation sites excluding steroid dienone is 2. The smallest absolute Gasteiger partial charge is 0.159 e. The normalized spacial score (nSPS) is 17.1. The van der Waals surface area contributed by atoms with E-state index in [1.807, 2.05) is 38.4 Å². The van der Waals surface area contributed by atoms with Crippen molar-refractivity contribution in [3.8, 4) is 22.6 Å². The first kappa shape index (κ1) is 23.9. The summed E-state index contributed by atoms with van der Waals surface area (Å²) in [7, 11) is 4.01. The van der Waals surface area contributed by atoms with Crippen molar-refractivity contribution in [2.75, 3.05) is 32.9 Å². The van der Waals surface area contributed by atoms with E-state index in [0.717, 1.165) is 50.9 Å². The molecule has 0 bridgehead atoms. The van der Waals surface area contributed by atoms with E-state index in [4.69, 9.17) is 10.7 Å². The van der Waals surface area contributed by atoms with Crippen molar-refractivity contribution in [2.24, 2.45) is 4.99 Å². The molecule has 10 heteroatoms. The minimum absolute atomic E-state index is 0.167. The van der Waals surface area contributed by atoms with Gasteiger partial charge >= 0.3 is 0 Å². The Morgan fingerprint density at radius 2 is 1.95 bits per heavy atom. The fourth-order valence-electron chi connectivity index (χ4n) is 4.91. The van der Waals surface area contributed by atoms with E-state index in [2.05, 4.69) is 35.0 Å². The number of aromatic amines is 2. The van der Waals surface area contributed by atoms with E-state index in [9.17, 15) is 4.39 Å². The van der Waals surface area contributed by atoms with Crippen LogP contribution in [0.1, 0.15) is 24.3 Å². The van der Waals surface area contributed by atoms with Gasteiger partial charge in [-0.25, -0.2) is 9.37 Å². The molecule has 0 saturated heterocycles. The molecule has 5 aromatic rings.